The fourth-order valence-corrected chi connectivity index (χ4v) is 1.96. The maximum Gasteiger partial charge on any atom is 0.242 e. The van der Waals surface area contributed by atoms with Crippen molar-refractivity contribution in [2.24, 2.45) is 0 Å². The number of rotatable bonds is 4. The van der Waals surface area contributed by atoms with Crippen molar-refractivity contribution in [1.29, 1.82) is 0 Å². The van der Waals surface area contributed by atoms with Crippen LogP contribution in [-0.4, -0.2) is 35.8 Å². The molecular weight excluding hydrogens is 220 g/mol. The highest BCUT2D eigenvalue weighted by atomic mass is 16.5. The van der Waals surface area contributed by atoms with Gasteiger partial charge in [-0.25, -0.2) is 4.98 Å². The lowest BCUT2D eigenvalue weighted by Crippen LogP contribution is -2.30. The van der Waals surface area contributed by atoms with E-state index in [4.69, 9.17) is 15.2 Å². The van der Waals surface area contributed by atoms with E-state index in [0.717, 1.165) is 19.4 Å². The van der Waals surface area contributed by atoms with Crippen molar-refractivity contribution in [1.82, 2.24) is 9.97 Å². The summed E-state index contributed by atoms with van der Waals surface area (Å²) < 4.78 is 10.7. The van der Waals surface area contributed by atoms with Gasteiger partial charge in [0.15, 0.2) is 5.82 Å². The standard InChI is InChI=1S/C11H18N4O2/c1-7(8-4-3-5-17-8)15-10-9(12)11(16-2)14-6-13-10/h6-8H,3-5,12H2,1-2H3,(H,13,14,15). The number of nitrogens with one attached hydrogen (secondary N) is 1. The molecule has 3 N–H and O–H groups in total. The molecular formula is C11H18N4O2. The van der Waals surface area contributed by atoms with Crippen LogP contribution in [0.2, 0.25) is 0 Å². The number of aromatic nitrogens is 2. The fraction of sp³-hybridized carbons (Fsp3) is 0.636. The monoisotopic (exact) mass is 238 g/mol. The molecule has 2 unspecified atom stereocenters. The van der Waals surface area contributed by atoms with E-state index in [0.29, 0.717) is 17.4 Å². The van der Waals surface area contributed by atoms with Gasteiger partial charge in [-0.15, -0.1) is 0 Å². The number of hydrogen-bond donors (Lipinski definition) is 2. The summed E-state index contributed by atoms with van der Waals surface area (Å²) in [6.07, 6.45) is 3.82. The van der Waals surface area contributed by atoms with Gasteiger partial charge in [0.1, 0.15) is 12.0 Å². The number of nitrogens with two attached hydrogens (primary N) is 1. The second-order valence-corrected chi connectivity index (χ2v) is 4.13. The van der Waals surface area contributed by atoms with E-state index in [9.17, 15) is 0 Å². The molecule has 6 heteroatoms. The Balaban J connectivity index is 2.07. The molecule has 1 saturated heterocycles. The molecule has 0 radical (unpaired) electrons. The quantitative estimate of drug-likeness (QED) is 0.815. The first-order valence-electron chi connectivity index (χ1n) is 5.75. The number of ether oxygens (including phenoxy) is 2. The first-order chi connectivity index (χ1) is 8.22. The molecule has 0 aliphatic carbocycles. The molecule has 17 heavy (non-hydrogen) atoms. The second-order valence-electron chi connectivity index (χ2n) is 4.13. The van der Waals surface area contributed by atoms with Crippen LogP contribution in [0.3, 0.4) is 0 Å². The highest BCUT2D eigenvalue weighted by molar-refractivity contribution is 5.66. The van der Waals surface area contributed by atoms with Crippen molar-refractivity contribution in [2.75, 3.05) is 24.8 Å². The van der Waals surface area contributed by atoms with Crippen molar-refractivity contribution in [3.63, 3.8) is 0 Å². The van der Waals surface area contributed by atoms with Crippen molar-refractivity contribution in [3.8, 4) is 5.88 Å². The van der Waals surface area contributed by atoms with E-state index < -0.39 is 0 Å². The summed E-state index contributed by atoms with van der Waals surface area (Å²) in [5.74, 6) is 0.988. The van der Waals surface area contributed by atoms with Crippen LogP contribution in [-0.2, 0) is 4.74 Å². The van der Waals surface area contributed by atoms with Crippen LogP contribution in [0.1, 0.15) is 19.8 Å². The summed E-state index contributed by atoms with van der Waals surface area (Å²) in [6.45, 7) is 2.89. The molecule has 0 amide bonds. The molecule has 2 atom stereocenters. The number of anilines is 2. The van der Waals surface area contributed by atoms with Gasteiger partial charge in [-0.05, 0) is 19.8 Å². The summed E-state index contributed by atoms with van der Waals surface area (Å²) in [5.41, 5.74) is 6.32. The zero-order valence-corrected chi connectivity index (χ0v) is 10.1. The SMILES string of the molecule is COc1ncnc(NC(C)C2CCCO2)c1N. The molecule has 0 saturated carbocycles. The molecule has 2 rings (SSSR count). The van der Waals surface area contributed by atoms with Gasteiger partial charge in [0.2, 0.25) is 5.88 Å². The fourth-order valence-electron chi connectivity index (χ4n) is 1.96. The molecule has 6 nitrogen and oxygen atoms in total. The lowest BCUT2D eigenvalue weighted by molar-refractivity contribution is 0.0996. The molecule has 1 aromatic heterocycles. The van der Waals surface area contributed by atoms with E-state index >= 15 is 0 Å². The average molecular weight is 238 g/mol. The van der Waals surface area contributed by atoms with Gasteiger partial charge in [-0.2, -0.15) is 4.98 Å². The number of nitrogen functional groups attached to an aromatic ring is 1. The van der Waals surface area contributed by atoms with E-state index in [2.05, 4.69) is 22.2 Å². The van der Waals surface area contributed by atoms with E-state index in [-0.39, 0.29) is 12.1 Å². The zero-order chi connectivity index (χ0) is 12.3. The number of hydrogen-bond acceptors (Lipinski definition) is 6. The van der Waals surface area contributed by atoms with Crippen molar-refractivity contribution < 1.29 is 9.47 Å². The van der Waals surface area contributed by atoms with Gasteiger partial charge in [-0.3, -0.25) is 0 Å². The predicted molar refractivity (Wildman–Crippen MR) is 65.1 cm³/mol. The minimum absolute atomic E-state index is 0.166. The van der Waals surface area contributed by atoms with Crippen LogP contribution in [0.15, 0.2) is 6.33 Å². The minimum Gasteiger partial charge on any atom is -0.479 e. The van der Waals surface area contributed by atoms with E-state index in [1.807, 2.05) is 0 Å². The third-order valence-electron chi connectivity index (χ3n) is 2.93. The number of methoxy groups -OCH3 is 1. The molecule has 1 fully saturated rings. The molecule has 0 aromatic carbocycles. The lowest BCUT2D eigenvalue weighted by Gasteiger charge is -2.21. The molecule has 1 aliphatic heterocycles. The third kappa shape index (κ3) is 2.58. The Labute approximate surface area is 101 Å². The first-order valence-corrected chi connectivity index (χ1v) is 5.75. The van der Waals surface area contributed by atoms with Crippen LogP contribution in [0.5, 0.6) is 5.88 Å². The Hall–Kier alpha value is -1.56. The van der Waals surface area contributed by atoms with Gasteiger partial charge in [0, 0.05) is 6.61 Å². The average Bonchev–Trinajstić information content (AvgIpc) is 2.85. The van der Waals surface area contributed by atoms with Crippen LogP contribution in [0, 0.1) is 0 Å². The maximum atomic E-state index is 5.89. The maximum absolute atomic E-state index is 5.89. The topological polar surface area (TPSA) is 82.3 Å². The summed E-state index contributed by atoms with van der Waals surface area (Å²) >= 11 is 0. The van der Waals surface area contributed by atoms with E-state index in [1.165, 1.54) is 13.4 Å². The van der Waals surface area contributed by atoms with Gasteiger partial charge in [-0.1, -0.05) is 0 Å². The zero-order valence-electron chi connectivity index (χ0n) is 10.1. The van der Waals surface area contributed by atoms with Crippen LogP contribution >= 0.6 is 0 Å². The Morgan fingerprint density at radius 2 is 2.41 bits per heavy atom. The van der Waals surface area contributed by atoms with Gasteiger partial charge >= 0.3 is 0 Å². The minimum atomic E-state index is 0.166. The third-order valence-corrected chi connectivity index (χ3v) is 2.93. The van der Waals surface area contributed by atoms with Crippen molar-refractivity contribution in [2.45, 2.75) is 31.9 Å². The van der Waals surface area contributed by atoms with Gasteiger partial charge < -0.3 is 20.5 Å². The Kier molecular flexibility index (Phi) is 3.63. The molecule has 0 bridgehead atoms. The normalized spacial score (nSPS) is 21.2. The van der Waals surface area contributed by atoms with Gasteiger partial charge in [0.25, 0.3) is 0 Å². The second kappa shape index (κ2) is 5.18. The first kappa shape index (κ1) is 11.9. The summed E-state index contributed by atoms with van der Waals surface area (Å²) in [7, 11) is 1.53. The Morgan fingerprint density at radius 3 is 3.06 bits per heavy atom. The van der Waals surface area contributed by atoms with Crippen LogP contribution < -0.4 is 15.8 Å². The summed E-state index contributed by atoms with van der Waals surface area (Å²) in [4.78, 5) is 8.05. The predicted octanol–water partition coefficient (Wildman–Crippen LogP) is 1.05. The largest absolute Gasteiger partial charge is 0.479 e. The molecule has 0 spiro atoms. The Morgan fingerprint density at radius 1 is 1.59 bits per heavy atom. The number of nitrogens with zero attached hydrogens (tertiary/aromatic N) is 2. The smallest absolute Gasteiger partial charge is 0.242 e. The Bertz CT molecular complexity index is 380. The molecule has 94 valence electrons. The summed E-state index contributed by atoms with van der Waals surface area (Å²) in [5, 5.41) is 3.25. The van der Waals surface area contributed by atoms with Crippen molar-refractivity contribution >= 4 is 11.5 Å². The molecule has 1 aliphatic rings. The van der Waals surface area contributed by atoms with Crippen LogP contribution in [0.25, 0.3) is 0 Å². The summed E-state index contributed by atoms with van der Waals surface area (Å²) in [6, 6.07) is 0.166. The highest BCUT2D eigenvalue weighted by Gasteiger charge is 2.23. The highest BCUT2D eigenvalue weighted by Crippen LogP contribution is 2.26. The molecule has 2 heterocycles. The van der Waals surface area contributed by atoms with Crippen LogP contribution in [0.4, 0.5) is 11.5 Å². The van der Waals surface area contributed by atoms with Crippen molar-refractivity contribution in [3.05, 3.63) is 6.33 Å². The van der Waals surface area contributed by atoms with E-state index in [1.54, 1.807) is 0 Å². The van der Waals surface area contributed by atoms with Gasteiger partial charge in [0.05, 0.1) is 19.3 Å². The molecule has 1 aromatic rings. The lowest BCUT2D eigenvalue weighted by atomic mass is 10.1.